The molecule has 0 aromatic heterocycles. The molecule has 0 aliphatic rings. The van der Waals surface area contributed by atoms with Crippen LogP contribution in [0.5, 0.6) is 5.75 Å². The molecule has 19 heavy (non-hydrogen) atoms. The van der Waals surface area contributed by atoms with Crippen LogP contribution in [-0.2, 0) is 0 Å². The van der Waals surface area contributed by atoms with E-state index >= 15 is 0 Å². The van der Waals surface area contributed by atoms with Crippen LogP contribution >= 0.6 is 0 Å². The quantitative estimate of drug-likeness (QED) is 0.574. The van der Waals surface area contributed by atoms with E-state index in [0.717, 1.165) is 0 Å². The van der Waals surface area contributed by atoms with E-state index in [9.17, 15) is 14.3 Å². The van der Waals surface area contributed by atoms with Gasteiger partial charge >= 0.3 is 0 Å². The number of benzene rings is 2. The van der Waals surface area contributed by atoms with Gasteiger partial charge in [-0.15, -0.1) is 0 Å². The zero-order valence-corrected chi connectivity index (χ0v) is 10.3. The molecule has 0 aliphatic heterocycles. The molecule has 2 aromatic carbocycles. The number of hydrogen-bond donors (Lipinski definition) is 3. The Morgan fingerprint density at radius 2 is 1.95 bits per heavy atom. The van der Waals surface area contributed by atoms with Gasteiger partial charge in [0.1, 0.15) is 5.82 Å². The number of amides is 1. The Kier molecular flexibility index (Phi) is 3.37. The lowest BCUT2D eigenvalue weighted by atomic mass is 10.1. The minimum Gasteiger partial charge on any atom is -0.505 e. The maximum absolute atomic E-state index is 13.4. The second-order valence-corrected chi connectivity index (χ2v) is 4.11. The number of nitrogen functional groups attached to an aromatic ring is 1. The van der Waals surface area contributed by atoms with Crippen molar-refractivity contribution in [2.75, 3.05) is 11.1 Å². The van der Waals surface area contributed by atoms with Gasteiger partial charge in [0.2, 0.25) is 0 Å². The SMILES string of the molecule is Cc1c(F)cccc1NC(=O)c1cccc(N)c1O. The highest BCUT2D eigenvalue weighted by Gasteiger charge is 2.14. The summed E-state index contributed by atoms with van der Waals surface area (Å²) in [6.45, 7) is 1.56. The molecule has 0 spiro atoms. The van der Waals surface area contributed by atoms with Crippen molar-refractivity contribution in [3.63, 3.8) is 0 Å². The first kappa shape index (κ1) is 12.9. The van der Waals surface area contributed by atoms with Crippen LogP contribution in [0.15, 0.2) is 36.4 Å². The monoisotopic (exact) mass is 260 g/mol. The maximum Gasteiger partial charge on any atom is 0.259 e. The number of phenolic OH excluding ortho intramolecular Hbond substituents is 1. The molecule has 1 amide bonds. The van der Waals surface area contributed by atoms with Crippen LogP contribution in [0.4, 0.5) is 15.8 Å². The zero-order chi connectivity index (χ0) is 14.0. The summed E-state index contributed by atoms with van der Waals surface area (Å²) in [6, 6.07) is 8.87. The molecular weight excluding hydrogens is 247 g/mol. The number of nitrogens with one attached hydrogen (secondary N) is 1. The Balaban J connectivity index is 2.31. The van der Waals surface area contributed by atoms with Gasteiger partial charge in [-0.1, -0.05) is 12.1 Å². The lowest BCUT2D eigenvalue weighted by Gasteiger charge is -2.10. The van der Waals surface area contributed by atoms with Gasteiger partial charge in [-0.25, -0.2) is 4.39 Å². The number of aromatic hydroxyl groups is 1. The van der Waals surface area contributed by atoms with Gasteiger partial charge in [0, 0.05) is 11.3 Å². The van der Waals surface area contributed by atoms with Gasteiger partial charge in [0.25, 0.3) is 5.91 Å². The summed E-state index contributed by atoms with van der Waals surface area (Å²) < 4.78 is 13.4. The topological polar surface area (TPSA) is 75.4 Å². The Labute approximate surface area is 109 Å². The van der Waals surface area contributed by atoms with E-state index in [-0.39, 0.29) is 17.0 Å². The van der Waals surface area contributed by atoms with Crippen molar-refractivity contribution in [3.8, 4) is 5.75 Å². The molecule has 2 aromatic rings. The largest absolute Gasteiger partial charge is 0.505 e. The Bertz CT molecular complexity index is 641. The average Bonchev–Trinajstić information content (AvgIpc) is 2.38. The molecule has 0 fully saturated rings. The van der Waals surface area contributed by atoms with Crippen LogP contribution in [0.1, 0.15) is 15.9 Å². The van der Waals surface area contributed by atoms with Crippen molar-refractivity contribution in [1.29, 1.82) is 0 Å². The second-order valence-electron chi connectivity index (χ2n) is 4.11. The van der Waals surface area contributed by atoms with Gasteiger partial charge in [0.05, 0.1) is 11.3 Å². The first-order chi connectivity index (χ1) is 9.00. The van der Waals surface area contributed by atoms with E-state index in [1.807, 2.05) is 0 Å². The first-order valence-corrected chi connectivity index (χ1v) is 5.64. The van der Waals surface area contributed by atoms with Gasteiger partial charge < -0.3 is 16.2 Å². The third-order valence-electron chi connectivity index (χ3n) is 2.83. The third kappa shape index (κ3) is 2.49. The van der Waals surface area contributed by atoms with Crippen molar-refractivity contribution >= 4 is 17.3 Å². The van der Waals surface area contributed by atoms with Crippen LogP contribution in [0.2, 0.25) is 0 Å². The summed E-state index contributed by atoms with van der Waals surface area (Å²) in [5.41, 5.74) is 6.36. The molecule has 0 unspecified atom stereocenters. The minimum absolute atomic E-state index is 0.0451. The van der Waals surface area contributed by atoms with Crippen LogP contribution in [-0.4, -0.2) is 11.0 Å². The molecule has 5 heteroatoms. The number of carbonyl (C=O) groups excluding carboxylic acids is 1. The molecular formula is C14H13FN2O2. The molecule has 98 valence electrons. The van der Waals surface area contributed by atoms with E-state index in [0.29, 0.717) is 11.3 Å². The molecule has 0 bridgehead atoms. The first-order valence-electron chi connectivity index (χ1n) is 5.64. The van der Waals surface area contributed by atoms with Gasteiger partial charge in [-0.05, 0) is 31.2 Å². The number of nitrogens with two attached hydrogens (primary N) is 1. The fourth-order valence-corrected chi connectivity index (χ4v) is 1.68. The summed E-state index contributed by atoms with van der Waals surface area (Å²) in [6.07, 6.45) is 0. The number of anilines is 2. The predicted molar refractivity (Wildman–Crippen MR) is 71.6 cm³/mol. The standard InChI is InChI=1S/C14H13FN2O2/c1-8-10(15)5-3-7-12(8)17-14(19)9-4-2-6-11(16)13(9)18/h2-7,18H,16H2,1H3,(H,17,19). The lowest BCUT2D eigenvalue weighted by Crippen LogP contribution is -2.13. The van der Waals surface area contributed by atoms with E-state index in [1.54, 1.807) is 19.1 Å². The fraction of sp³-hybridized carbons (Fsp3) is 0.0714. The highest BCUT2D eigenvalue weighted by molar-refractivity contribution is 6.07. The number of phenols is 1. The Morgan fingerprint density at radius 1 is 1.26 bits per heavy atom. The van der Waals surface area contributed by atoms with E-state index in [1.165, 1.54) is 24.3 Å². The molecule has 0 atom stereocenters. The van der Waals surface area contributed by atoms with Gasteiger partial charge in [-0.2, -0.15) is 0 Å². The van der Waals surface area contributed by atoms with Crippen LogP contribution in [0, 0.1) is 12.7 Å². The van der Waals surface area contributed by atoms with Crippen LogP contribution < -0.4 is 11.1 Å². The summed E-state index contributed by atoms with van der Waals surface area (Å²) in [4.78, 5) is 12.0. The van der Waals surface area contributed by atoms with E-state index in [2.05, 4.69) is 5.32 Å². The Morgan fingerprint density at radius 3 is 2.68 bits per heavy atom. The van der Waals surface area contributed by atoms with E-state index in [4.69, 9.17) is 5.73 Å². The van der Waals surface area contributed by atoms with Crippen LogP contribution in [0.25, 0.3) is 0 Å². The molecule has 0 heterocycles. The lowest BCUT2D eigenvalue weighted by molar-refractivity contribution is 0.102. The van der Waals surface area contributed by atoms with E-state index < -0.39 is 11.7 Å². The fourth-order valence-electron chi connectivity index (χ4n) is 1.68. The minimum atomic E-state index is -0.543. The highest BCUT2D eigenvalue weighted by Crippen LogP contribution is 2.26. The molecule has 4 nitrogen and oxygen atoms in total. The van der Waals surface area contributed by atoms with Gasteiger partial charge in [-0.3, -0.25) is 4.79 Å². The molecule has 0 saturated carbocycles. The van der Waals surface area contributed by atoms with Crippen molar-refractivity contribution in [2.45, 2.75) is 6.92 Å². The highest BCUT2D eigenvalue weighted by atomic mass is 19.1. The molecule has 0 saturated heterocycles. The summed E-state index contributed by atoms with van der Waals surface area (Å²) >= 11 is 0. The molecule has 4 N–H and O–H groups in total. The number of rotatable bonds is 2. The molecule has 0 aliphatic carbocycles. The van der Waals surface area contributed by atoms with Gasteiger partial charge in [0.15, 0.2) is 5.75 Å². The predicted octanol–water partition coefficient (Wildman–Crippen LogP) is 2.67. The molecule has 0 radical (unpaired) electrons. The smallest absolute Gasteiger partial charge is 0.259 e. The van der Waals surface area contributed by atoms with Crippen LogP contribution in [0.3, 0.4) is 0 Å². The van der Waals surface area contributed by atoms with Crippen molar-refractivity contribution in [3.05, 3.63) is 53.3 Å². The number of carbonyl (C=O) groups is 1. The number of hydrogen-bond acceptors (Lipinski definition) is 3. The Hall–Kier alpha value is -2.56. The summed E-state index contributed by atoms with van der Waals surface area (Å²) in [5.74, 6) is -1.23. The van der Waals surface area contributed by atoms with Crippen molar-refractivity contribution in [2.24, 2.45) is 0 Å². The number of para-hydroxylation sites is 1. The molecule has 2 rings (SSSR count). The third-order valence-corrected chi connectivity index (χ3v) is 2.83. The normalized spacial score (nSPS) is 10.2. The van der Waals surface area contributed by atoms with Crippen molar-refractivity contribution in [1.82, 2.24) is 0 Å². The summed E-state index contributed by atoms with van der Waals surface area (Å²) in [5, 5.41) is 12.3. The number of halogens is 1. The maximum atomic E-state index is 13.4. The zero-order valence-electron chi connectivity index (χ0n) is 10.3. The average molecular weight is 260 g/mol. The second kappa shape index (κ2) is 4.97. The summed E-state index contributed by atoms with van der Waals surface area (Å²) in [7, 11) is 0. The van der Waals surface area contributed by atoms with Crippen molar-refractivity contribution < 1.29 is 14.3 Å².